The van der Waals surface area contributed by atoms with Gasteiger partial charge in [0, 0.05) is 26.2 Å². The third kappa shape index (κ3) is 3.64. The van der Waals surface area contributed by atoms with Crippen LogP contribution >= 0.6 is 0 Å². The maximum absolute atomic E-state index is 14.2. The zero-order valence-corrected chi connectivity index (χ0v) is 15.3. The maximum atomic E-state index is 14.2. The average Bonchev–Trinajstić information content (AvgIpc) is 3.00. The lowest BCUT2D eigenvalue weighted by Crippen LogP contribution is -2.40. The molecule has 0 amide bonds. The van der Waals surface area contributed by atoms with Crippen LogP contribution in [0.15, 0.2) is 48.5 Å². The van der Waals surface area contributed by atoms with Gasteiger partial charge in [-0.1, -0.05) is 30.3 Å². The van der Waals surface area contributed by atoms with Crippen LogP contribution in [0.4, 0.5) is 8.78 Å². The molecule has 8 heteroatoms. The largest absolute Gasteiger partial charge is 0.297 e. The summed E-state index contributed by atoms with van der Waals surface area (Å²) < 4.78 is 55.2. The summed E-state index contributed by atoms with van der Waals surface area (Å²) in [6.45, 7) is 0.0559. The molecule has 1 heterocycles. The van der Waals surface area contributed by atoms with E-state index in [4.69, 9.17) is 4.84 Å². The van der Waals surface area contributed by atoms with E-state index in [1.54, 1.807) is 0 Å². The highest BCUT2D eigenvalue weighted by molar-refractivity contribution is 7.89. The second-order valence-electron chi connectivity index (χ2n) is 6.28. The summed E-state index contributed by atoms with van der Waals surface area (Å²) in [5.74, 6) is -1.30. The second kappa shape index (κ2) is 7.40. The molecule has 0 bridgehead atoms. The van der Waals surface area contributed by atoms with Crippen molar-refractivity contribution in [2.75, 3.05) is 20.7 Å². The fraction of sp³-hybridized carbons (Fsp3) is 0.333. The molecule has 140 valence electrons. The molecule has 1 aliphatic heterocycles. The van der Waals surface area contributed by atoms with E-state index in [9.17, 15) is 17.2 Å². The molecular weight excluding hydrogens is 362 g/mol. The Balaban J connectivity index is 1.91. The van der Waals surface area contributed by atoms with Crippen molar-refractivity contribution < 1.29 is 22.0 Å². The monoisotopic (exact) mass is 382 g/mol. The quantitative estimate of drug-likeness (QED) is 0.798. The van der Waals surface area contributed by atoms with E-state index in [1.165, 1.54) is 23.5 Å². The fourth-order valence-corrected chi connectivity index (χ4v) is 4.81. The van der Waals surface area contributed by atoms with Crippen LogP contribution in [0.5, 0.6) is 0 Å². The number of nitrogens with zero attached hydrogens (tertiary/aromatic N) is 2. The highest BCUT2D eigenvalue weighted by atomic mass is 32.2. The molecule has 2 aromatic carbocycles. The lowest BCUT2D eigenvalue weighted by Gasteiger charge is -2.27. The minimum absolute atomic E-state index is 0.0355. The lowest BCUT2D eigenvalue weighted by atomic mass is 10.0. The Morgan fingerprint density at radius 1 is 1.19 bits per heavy atom. The smallest absolute Gasteiger partial charge is 0.221 e. The third-order valence-electron chi connectivity index (χ3n) is 4.53. The molecule has 1 fully saturated rings. The predicted octanol–water partition coefficient (Wildman–Crippen LogP) is 2.71. The van der Waals surface area contributed by atoms with Crippen molar-refractivity contribution in [3.8, 4) is 0 Å². The Hall–Kier alpha value is -1.87. The minimum Gasteiger partial charge on any atom is -0.297 e. The van der Waals surface area contributed by atoms with Crippen LogP contribution in [0.25, 0.3) is 0 Å². The zero-order chi connectivity index (χ0) is 18.9. The molecule has 2 aromatic rings. The van der Waals surface area contributed by atoms with Crippen molar-refractivity contribution in [2.24, 2.45) is 0 Å². The standard InChI is InChI=1S/C18H20F2N2O3S/c1-21(11-13-6-4-3-5-7-13)26(23,24)17-12-25-22(2)18(17)15-10-14(19)8-9-16(15)20/h3-10,17-18H,11-12H2,1-2H3. The van der Waals surface area contributed by atoms with E-state index in [2.05, 4.69) is 0 Å². The van der Waals surface area contributed by atoms with Gasteiger partial charge in [-0.05, 0) is 23.8 Å². The minimum atomic E-state index is -3.82. The molecule has 26 heavy (non-hydrogen) atoms. The predicted molar refractivity (Wildman–Crippen MR) is 93.4 cm³/mol. The molecule has 0 saturated carbocycles. The molecule has 3 rings (SSSR count). The third-order valence-corrected chi connectivity index (χ3v) is 6.69. The normalized spacial score (nSPS) is 21.4. The van der Waals surface area contributed by atoms with E-state index in [-0.39, 0.29) is 18.7 Å². The molecule has 0 N–H and O–H groups in total. The molecule has 5 nitrogen and oxygen atoms in total. The molecule has 1 aliphatic rings. The van der Waals surface area contributed by atoms with Crippen LogP contribution in [0.1, 0.15) is 17.2 Å². The van der Waals surface area contributed by atoms with Crippen molar-refractivity contribution in [3.63, 3.8) is 0 Å². The number of hydrogen-bond donors (Lipinski definition) is 0. The van der Waals surface area contributed by atoms with Gasteiger partial charge < -0.3 is 0 Å². The summed E-state index contributed by atoms with van der Waals surface area (Å²) in [4.78, 5) is 5.35. The van der Waals surface area contributed by atoms with Gasteiger partial charge in [-0.15, -0.1) is 0 Å². The average molecular weight is 382 g/mol. The van der Waals surface area contributed by atoms with Gasteiger partial charge in [0.1, 0.15) is 16.9 Å². The summed E-state index contributed by atoms with van der Waals surface area (Å²) in [6.07, 6.45) is 0. The molecular formula is C18H20F2N2O3S. The second-order valence-corrected chi connectivity index (χ2v) is 8.54. The SMILES string of the molecule is CN1OCC(S(=O)(=O)N(C)Cc2ccccc2)C1c1cc(F)ccc1F. The van der Waals surface area contributed by atoms with Gasteiger partial charge in [0.2, 0.25) is 10.0 Å². The van der Waals surface area contributed by atoms with E-state index in [1.807, 2.05) is 30.3 Å². The molecule has 0 spiro atoms. The van der Waals surface area contributed by atoms with Crippen LogP contribution in [0.3, 0.4) is 0 Å². The Morgan fingerprint density at radius 2 is 1.88 bits per heavy atom. The number of hydrogen-bond acceptors (Lipinski definition) is 4. The van der Waals surface area contributed by atoms with Crippen molar-refractivity contribution in [1.29, 1.82) is 0 Å². The summed E-state index contributed by atoms with van der Waals surface area (Å²) in [5.41, 5.74) is 0.797. The highest BCUT2D eigenvalue weighted by Gasteiger charge is 2.46. The first-order valence-electron chi connectivity index (χ1n) is 8.10. The zero-order valence-electron chi connectivity index (χ0n) is 14.5. The van der Waals surface area contributed by atoms with Crippen LogP contribution < -0.4 is 0 Å². The Morgan fingerprint density at radius 3 is 2.58 bits per heavy atom. The molecule has 1 saturated heterocycles. The molecule has 2 atom stereocenters. The van der Waals surface area contributed by atoms with Gasteiger partial charge in [-0.3, -0.25) is 4.84 Å². The highest BCUT2D eigenvalue weighted by Crippen LogP contribution is 2.36. The van der Waals surface area contributed by atoms with Crippen molar-refractivity contribution in [1.82, 2.24) is 9.37 Å². The Bertz CT molecular complexity index is 877. The van der Waals surface area contributed by atoms with Gasteiger partial charge in [0.15, 0.2) is 0 Å². The first-order chi connectivity index (χ1) is 12.3. The first kappa shape index (κ1) is 18.9. The lowest BCUT2D eigenvalue weighted by molar-refractivity contribution is -0.111. The molecule has 0 aliphatic carbocycles. The van der Waals surface area contributed by atoms with E-state index in [0.29, 0.717) is 0 Å². The van der Waals surface area contributed by atoms with Crippen LogP contribution in [-0.2, 0) is 21.4 Å². The number of halogens is 2. The van der Waals surface area contributed by atoms with Crippen molar-refractivity contribution in [2.45, 2.75) is 17.8 Å². The molecule has 2 unspecified atom stereocenters. The Kier molecular flexibility index (Phi) is 5.38. The summed E-state index contributed by atoms with van der Waals surface area (Å²) in [7, 11) is -0.832. The maximum Gasteiger partial charge on any atom is 0.221 e. The topological polar surface area (TPSA) is 49.9 Å². The van der Waals surface area contributed by atoms with E-state index in [0.717, 1.165) is 23.8 Å². The van der Waals surface area contributed by atoms with Gasteiger partial charge in [-0.25, -0.2) is 21.5 Å². The number of hydroxylamine groups is 2. The molecule has 0 aromatic heterocycles. The van der Waals surface area contributed by atoms with Gasteiger partial charge in [0.25, 0.3) is 0 Å². The number of sulfonamides is 1. The summed E-state index contributed by atoms with van der Waals surface area (Å²) in [6, 6.07) is 11.2. The van der Waals surface area contributed by atoms with Gasteiger partial charge >= 0.3 is 0 Å². The van der Waals surface area contributed by atoms with E-state index < -0.39 is 32.9 Å². The number of benzene rings is 2. The summed E-state index contributed by atoms with van der Waals surface area (Å²) >= 11 is 0. The van der Waals surface area contributed by atoms with Crippen LogP contribution in [0.2, 0.25) is 0 Å². The van der Waals surface area contributed by atoms with Gasteiger partial charge in [-0.2, -0.15) is 5.06 Å². The van der Waals surface area contributed by atoms with Gasteiger partial charge in [0.05, 0.1) is 12.6 Å². The van der Waals surface area contributed by atoms with E-state index >= 15 is 0 Å². The Labute approximate surface area is 151 Å². The number of rotatable bonds is 5. The van der Waals surface area contributed by atoms with Crippen molar-refractivity contribution >= 4 is 10.0 Å². The van der Waals surface area contributed by atoms with Crippen LogP contribution in [0, 0.1) is 11.6 Å². The fourth-order valence-electron chi connectivity index (χ4n) is 3.14. The first-order valence-corrected chi connectivity index (χ1v) is 9.61. The van der Waals surface area contributed by atoms with Crippen LogP contribution in [-0.4, -0.2) is 43.7 Å². The summed E-state index contributed by atoms with van der Waals surface area (Å²) in [5, 5.41) is 0.230. The molecule has 0 radical (unpaired) electrons. The van der Waals surface area contributed by atoms with Crippen molar-refractivity contribution in [3.05, 3.63) is 71.3 Å².